The number of nitrogens with zero attached hydrogens (tertiary/aromatic N) is 3. The van der Waals surface area contributed by atoms with E-state index in [1.54, 1.807) is 18.5 Å². The molecular weight excluding hydrogens is 350 g/mol. The zero-order chi connectivity index (χ0) is 18.5. The molecule has 6 nitrogen and oxygen atoms in total. The molecule has 0 atom stereocenters. The Morgan fingerprint density at radius 1 is 1.19 bits per heavy atom. The number of aryl methyl sites for hydroxylation is 2. The number of pyridine rings is 1. The summed E-state index contributed by atoms with van der Waals surface area (Å²) in [5.41, 5.74) is 3.77. The van der Waals surface area contributed by atoms with Crippen molar-refractivity contribution in [1.82, 2.24) is 15.0 Å². The molecule has 3 rings (SSSR count). The third-order valence-electron chi connectivity index (χ3n) is 3.73. The summed E-state index contributed by atoms with van der Waals surface area (Å²) in [5.74, 6) is 0.0268. The van der Waals surface area contributed by atoms with Crippen molar-refractivity contribution in [2.75, 3.05) is 10.6 Å². The molecule has 0 aliphatic heterocycles. The van der Waals surface area contributed by atoms with Gasteiger partial charge in [-0.25, -0.2) is 9.97 Å². The van der Waals surface area contributed by atoms with Crippen LogP contribution in [0.2, 0.25) is 5.02 Å². The average molecular weight is 368 g/mol. The van der Waals surface area contributed by atoms with Crippen molar-refractivity contribution in [3.05, 3.63) is 76.3 Å². The minimum atomic E-state index is -0.342. The van der Waals surface area contributed by atoms with E-state index in [1.807, 2.05) is 38.1 Å². The van der Waals surface area contributed by atoms with E-state index in [9.17, 15) is 4.79 Å². The zero-order valence-corrected chi connectivity index (χ0v) is 15.2. The third-order valence-corrected chi connectivity index (χ3v) is 4.03. The topological polar surface area (TPSA) is 79.8 Å². The van der Waals surface area contributed by atoms with E-state index in [0.717, 1.165) is 16.7 Å². The summed E-state index contributed by atoms with van der Waals surface area (Å²) in [6, 6.07) is 9.13. The number of rotatable bonds is 5. The number of halogens is 1. The SMILES string of the molecule is Cc1cc(C)c(NC(=O)c2ccnc(NCc3cccnc3)n2)c(Cl)c1. The van der Waals surface area contributed by atoms with Crippen molar-refractivity contribution < 1.29 is 4.79 Å². The number of hydrogen-bond acceptors (Lipinski definition) is 5. The first-order valence-corrected chi connectivity index (χ1v) is 8.44. The lowest BCUT2D eigenvalue weighted by Crippen LogP contribution is -2.16. The first-order chi connectivity index (χ1) is 12.5. The lowest BCUT2D eigenvalue weighted by molar-refractivity contribution is 0.102. The van der Waals surface area contributed by atoms with Gasteiger partial charge in [0.05, 0.1) is 10.7 Å². The molecule has 0 aliphatic rings. The van der Waals surface area contributed by atoms with Crippen LogP contribution in [-0.2, 0) is 6.54 Å². The molecule has 0 radical (unpaired) electrons. The van der Waals surface area contributed by atoms with Crippen LogP contribution in [0.4, 0.5) is 11.6 Å². The van der Waals surface area contributed by atoms with Gasteiger partial charge in [0.2, 0.25) is 5.95 Å². The van der Waals surface area contributed by atoms with Gasteiger partial charge in [0.15, 0.2) is 0 Å². The van der Waals surface area contributed by atoms with E-state index in [0.29, 0.717) is 23.2 Å². The van der Waals surface area contributed by atoms with Crippen molar-refractivity contribution >= 4 is 29.1 Å². The van der Waals surface area contributed by atoms with Gasteiger partial charge < -0.3 is 10.6 Å². The number of benzene rings is 1. The van der Waals surface area contributed by atoms with Crippen molar-refractivity contribution in [2.24, 2.45) is 0 Å². The second-order valence-corrected chi connectivity index (χ2v) is 6.28. The molecule has 1 amide bonds. The van der Waals surface area contributed by atoms with Crippen molar-refractivity contribution in [2.45, 2.75) is 20.4 Å². The second-order valence-electron chi connectivity index (χ2n) is 5.87. The van der Waals surface area contributed by atoms with E-state index in [2.05, 4.69) is 25.6 Å². The summed E-state index contributed by atoms with van der Waals surface area (Å²) in [6.45, 7) is 4.37. The summed E-state index contributed by atoms with van der Waals surface area (Å²) in [5, 5.41) is 6.41. The zero-order valence-electron chi connectivity index (χ0n) is 14.5. The van der Waals surface area contributed by atoms with E-state index >= 15 is 0 Å². The molecule has 0 fully saturated rings. The summed E-state index contributed by atoms with van der Waals surface area (Å²) in [7, 11) is 0. The third kappa shape index (κ3) is 4.34. The summed E-state index contributed by atoms with van der Waals surface area (Å²) < 4.78 is 0. The fourth-order valence-electron chi connectivity index (χ4n) is 2.51. The molecule has 0 saturated carbocycles. The van der Waals surface area contributed by atoms with Gasteiger partial charge in [-0.2, -0.15) is 0 Å². The predicted molar refractivity (Wildman–Crippen MR) is 102 cm³/mol. The molecule has 26 heavy (non-hydrogen) atoms. The van der Waals surface area contributed by atoms with Crippen LogP contribution < -0.4 is 10.6 Å². The van der Waals surface area contributed by atoms with Crippen LogP contribution in [0.25, 0.3) is 0 Å². The monoisotopic (exact) mass is 367 g/mol. The van der Waals surface area contributed by atoms with Gasteiger partial charge >= 0.3 is 0 Å². The van der Waals surface area contributed by atoms with Gasteiger partial charge in [0, 0.05) is 25.1 Å². The lowest BCUT2D eigenvalue weighted by atomic mass is 10.1. The molecule has 2 aromatic heterocycles. The van der Waals surface area contributed by atoms with Crippen molar-refractivity contribution in [1.29, 1.82) is 0 Å². The molecule has 2 N–H and O–H groups in total. The van der Waals surface area contributed by atoms with Crippen LogP contribution in [0, 0.1) is 13.8 Å². The molecule has 0 bridgehead atoms. The molecule has 1 aromatic carbocycles. The van der Waals surface area contributed by atoms with Crippen LogP contribution in [0.1, 0.15) is 27.2 Å². The van der Waals surface area contributed by atoms with Crippen molar-refractivity contribution in [3.63, 3.8) is 0 Å². The maximum atomic E-state index is 12.5. The van der Waals surface area contributed by atoms with Crippen LogP contribution in [-0.4, -0.2) is 20.9 Å². The second kappa shape index (κ2) is 7.93. The first kappa shape index (κ1) is 17.8. The molecular formula is C19H18ClN5O. The summed E-state index contributed by atoms with van der Waals surface area (Å²) >= 11 is 6.25. The Kier molecular flexibility index (Phi) is 5.43. The Bertz CT molecular complexity index is 907. The summed E-state index contributed by atoms with van der Waals surface area (Å²) in [4.78, 5) is 25.0. The molecule has 2 heterocycles. The van der Waals surface area contributed by atoms with Gasteiger partial charge in [-0.05, 0) is 48.7 Å². The standard InChI is InChI=1S/C19H18ClN5O/c1-12-8-13(2)17(15(20)9-12)25-18(26)16-5-7-22-19(24-16)23-11-14-4-3-6-21-10-14/h3-10H,11H2,1-2H3,(H,25,26)(H,22,23,24). The van der Waals surface area contributed by atoms with Crippen LogP contribution in [0.5, 0.6) is 0 Å². The minimum Gasteiger partial charge on any atom is -0.350 e. The van der Waals surface area contributed by atoms with Gasteiger partial charge in [0.1, 0.15) is 5.69 Å². The van der Waals surface area contributed by atoms with Crippen molar-refractivity contribution in [3.8, 4) is 0 Å². The molecule has 3 aromatic rings. The highest BCUT2D eigenvalue weighted by atomic mass is 35.5. The highest BCUT2D eigenvalue weighted by molar-refractivity contribution is 6.34. The van der Waals surface area contributed by atoms with E-state index < -0.39 is 0 Å². The maximum absolute atomic E-state index is 12.5. The Morgan fingerprint density at radius 2 is 2.04 bits per heavy atom. The Hall–Kier alpha value is -2.99. The number of hydrogen-bond donors (Lipinski definition) is 2. The molecule has 132 valence electrons. The van der Waals surface area contributed by atoms with Crippen LogP contribution >= 0.6 is 11.6 Å². The molecule has 0 unspecified atom stereocenters. The lowest BCUT2D eigenvalue weighted by Gasteiger charge is -2.12. The highest BCUT2D eigenvalue weighted by Crippen LogP contribution is 2.27. The maximum Gasteiger partial charge on any atom is 0.274 e. The number of nitrogens with one attached hydrogen (secondary N) is 2. The molecule has 0 saturated heterocycles. The molecule has 0 aliphatic carbocycles. The Morgan fingerprint density at radius 3 is 2.77 bits per heavy atom. The van der Waals surface area contributed by atoms with E-state index in [-0.39, 0.29) is 11.6 Å². The normalized spacial score (nSPS) is 10.4. The van der Waals surface area contributed by atoms with Gasteiger partial charge in [0.25, 0.3) is 5.91 Å². The molecule has 7 heteroatoms. The number of carbonyl (C=O) groups excluding carboxylic acids is 1. The van der Waals surface area contributed by atoms with Crippen LogP contribution in [0.15, 0.2) is 48.9 Å². The van der Waals surface area contributed by atoms with Crippen LogP contribution in [0.3, 0.4) is 0 Å². The highest BCUT2D eigenvalue weighted by Gasteiger charge is 2.13. The Labute approximate surface area is 156 Å². The smallest absolute Gasteiger partial charge is 0.274 e. The fourth-order valence-corrected chi connectivity index (χ4v) is 2.87. The van der Waals surface area contributed by atoms with E-state index in [1.165, 1.54) is 6.20 Å². The number of amides is 1. The minimum absolute atomic E-state index is 0.254. The molecule has 0 spiro atoms. The average Bonchev–Trinajstić information content (AvgIpc) is 2.64. The summed E-state index contributed by atoms with van der Waals surface area (Å²) in [6.07, 6.45) is 5.01. The fraction of sp³-hybridized carbons (Fsp3) is 0.158. The quantitative estimate of drug-likeness (QED) is 0.712. The number of anilines is 2. The van der Waals surface area contributed by atoms with E-state index in [4.69, 9.17) is 11.6 Å². The largest absolute Gasteiger partial charge is 0.350 e. The van der Waals surface area contributed by atoms with Gasteiger partial charge in [-0.15, -0.1) is 0 Å². The van der Waals surface area contributed by atoms with Gasteiger partial charge in [-0.3, -0.25) is 9.78 Å². The number of aromatic nitrogens is 3. The van der Waals surface area contributed by atoms with Gasteiger partial charge in [-0.1, -0.05) is 23.7 Å². The number of carbonyl (C=O) groups is 1. The first-order valence-electron chi connectivity index (χ1n) is 8.07. The predicted octanol–water partition coefficient (Wildman–Crippen LogP) is 4.01. The Balaban J connectivity index is 1.72.